The second-order valence-electron chi connectivity index (χ2n) is 6.20. The van der Waals surface area contributed by atoms with E-state index in [2.05, 4.69) is 5.32 Å². The summed E-state index contributed by atoms with van der Waals surface area (Å²) in [4.78, 5) is 12.8. The topological polar surface area (TPSA) is 90.3 Å². The molecule has 7 heteroatoms. The smallest absolute Gasteiger partial charge is 0.243 e. The van der Waals surface area contributed by atoms with E-state index in [0.29, 0.717) is 30.6 Å². The van der Waals surface area contributed by atoms with Crippen LogP contribution in [0, 0.1) is 17.2 Å². The van der Waals surface area contributed by atoms with Crippen molar-refractivity contribution in [1.82, 2.24) is 4.31 Å². The lowest BCUT2D eigenvalue weighted by Crippen LogP contribution is -2.43. The van der Waals surface area contributed by atoms with Gasteiger partial charge in [0.05, 0.1) is 22.4 Å². The number of nitrogens with zero attached hydrogens (tertiary/aromatic N) is 2. The number of nitriles is 1. The van der Waals surface area contributed by atoms with Gasteiger partial charge < -0.3 is 5.32 Å². The van der Waals surface area contributed by atoms with Gasteiger partial charge >= 0.3 is 0 Å². The predicted octanol–water partition coefficient (Wildman–Crippen LogP) is 2.60. The quantitative estimate of drug-likeness (QED) is 0.897. The molecule has 1 atom stereocenters. The average molecular weight is 369 g/mol. The fourth-order valence-electron chi connectivity index (χ4n) is 3.03. The molecule has 3 rings (SSSR count). The normalized spacial score (nSPS) is 18.0. The highest BCUT2D eigenvalue weighted by molar-refractivity contribution is 7.89. The molecule has 0 unspecified atom stereocenters. The molecule has 2 aromatic carbocycles. The number of piperidine rings is 1. The molecule has 0 bridgehead atoms. The summed E-state index contributed by atoms with van der Waals surface area (Å²) < 4.78 is 26.9. The lowest BCUT2D eigenvalue weighted by molar-refractivity contribution is -0.120. The van der Waals surface area contributed by atoms with Crippen molar-refractivity contribution in [3.8, 4) is 6.07 Å². The van der Waals surface area contributed by atoms with Gasteiger partial charge in [-0.25, -0.2) is 8.42 Å². The molecule has 1 aliphatic rings. The monoisotopic (exact) mass is 369 g/mol. The highest BCUT2D eigenvalue weighted by atomic mass is 32.2. The van der Waals surface area contributed by atoms with Crippen molar-refractivity contribution < 1.29 is 13.2 Å². The van der Waals surface area contributed by atoms with Crippen molar-refractivity contribution in [2.75, 3.05) is 18.4 Å². The van der Waals surface area contributed by atoms with Crippen LogP contribution in [0.4, 0.5) is 5.69 Å². The Balaban J connectivity index is 1.72. The number of carbonyl (C=O) groups excluding carboxylic acids is 1. The molecule has 1 heterocycles. The van der Waals surface area contributed by atoms with Crippen molar-refractivity contribution in [2.24, 2.45) is 5.92 Å². The first kappa shape index (κ1) is 18.1. The minimum Gasteiger partial charge on any atom is -0.326 e. The predicted molar refractivity (Wildman–Crippen MR) is 97.7 cm³/mol. The number of anilines is 1. The molecule has 0 saturated carbocycles. The third-order valence-corrected chi connectivity index (χ3v) is 6.27. The Labute approximate surface area is 153 Å². The van der Waals surface area contributed by atoms with Gasteiger partial charge in [-0.3, -0.25) is 4.79 Å². The molecular weight excluding hydrogens is 350 g/mol. The number of rotatable bonds is 4. The van der Waals surface area contributed by atoms with Crippen LogP contribution in [0.2, 0.25) is 0 Å². The third kappa shape index (κ3) is 3.93. The molecule has 0 spiro atoms. The van der Waals surface area contributed by atoms with Crippen molar-refractivity contribution in [1.29, 1.82) is 5.26 Å². The van der Waals surface area contributed by atoms with Gasteiger partial charge in [-0.05, 0) is 43.2 Å². The molecular formula is C19H19N3O3S. The average Bonchev–Trinajstić information content (AvgIpc) is 2.69. The Morgan fingerprint density at radius 3 is 2.65 bits per heavy atom. The lowest BCUT2D eigenvalue weighted by Gasteiger charge is -2.31. The zero-order chi connectivity index (χ0) is 18.6. The molecule has 0 radical (unpaired) electrons. The van der Waals surface area contributed by atoms with E-state index in [4.69, 9.17) is 5.26 Å². The zero-order valence-corrected chi connectivity index (χ0v) is 14.9. The second kappa shape index (κ2) is 7.68. The maximum absolute atomic E-state index is 12.8. The molecule has 6 nitrogen and oxygen atoms in total. The summed E-state index contributed by atoms with van der Waals surface area (Å²) >= 11 is 0. The summed E-state index contributed by atoms with van der Waals surface area (Å²) in [6, 6.07) is 16.9. The van der Waals surface area contributed by atoms with Crippen molar-refractivity contribution in [3.05, 3.63) is 60.2 Å². The first-order valence-electron chi connectivity index (χ1n) is 8.37. The highest BCUT2D eigenvalue weighted by Gasteiger charge is 2.33. The minimum atomic E-state index is -3.60. The Hall–Kier alpha value is -2.69. The van der Waals surface area contributed by atoms with Crippen LogP contribution in [0.25, 0.3) is 0 Å². The van der Waals surface area contributed by atoms with E-state index in [9.17, 15) is 13.2 Å². The Bertz CT molecular complexity index is 936. The SMILES string of the molecule is N#Cc1cccc(NC(=O)[C@H]2CCCN(S(=O)(=O)c3ccccc3)C2)c1. The molecule has 1 aliphatic heterocycles. The van der Waals surface area contributed by atoms with Gasteiger partial charge in [-0.2, -0.15) is 9.57 Å². The number of carbonyl (C=O) groups is 1. The summed E-state index contributed by atoms with van der Waals surface area (Å²) in [6.45, 7) is 0.561. The Morgan fingerprint density at radius 1 is 1.15 bits per heavy atom. The van der Waals surface area contributed by atoms with Crippen molar-refractivity contribution in [3.63, 3.8) is 0 Å². The van der Waals surface area contributed by atoms with Crippen LogP contribution in [-0.4, -0.2) is 31.7 Å². The van der Waals surface area contributed by atoms with E-state index in [0.717, 1.165) is 0 Å². The third-order valence-electron chi connectivity index (χ3n) is 4.40. The highest BCUT2D eigenvalue weighted by Crippen LogP contribution is 2.24. The van der Waals surface area contributed by atoms with E-state index in [1.54, 1.807) is 54.6 Å². The zero-order valence-electron chi connectivity index (χ0n) is 14.1. The Kier molecular flexibility index (Phi) is 5.35. The van der Waals surface area contributed by atoms with Crippen LogP contribution in [-0.2, 0) is 14.8 Å². The van der Waals surface area contributed by atoms with Gasteiger partial charge in [0.15, 0.2) is 0 Å². The van der Waals surface area contributed by atoms with Gasteiger partial charge in [-0.15, -0.1) is 0 Å². The molecule has 0 aliphatic carbocycles. The molecule has 1 amide bonds. The van der Waals surface area contributed by atoms with Crippen LogP contribution < -0.4 is 5.32 Å². The molecule has 134 valence electrons. The van der Waals surface area contributed by atoms with Crippen LogP contribution in [0.5, 0.6) is 0 Å². The van der Waals surface area contributed by atoms with E-state index in [1.165, 1.54) is 4.31 Å². The molecule has 26 heavy (non-hydrogen) atoms. The first-order valence-corrected chi connectivity index (χ1v) is 9.81. The van der Waals surface area contributed by atoms with Crippen LogP contribution in [0.3, 0.4) is 0 Å². The van der Waals surface area contributed by atoms with Crippen molar-refractivity contribution >= 4 is 21.6 Å². The fraction of sp³-hybridized carbons (Fsp3) is 0.263. The van der Waals surface area contributed by atoms with E-state index in [-0.39, 0.29) is 17.3 Å². The summed E-state index contributed by atoms with van der Waals surface area (Å²) in [5.41, 5.74) is 0.997. The number of benzene rings is 2. The number of hydrogen-bond acceptors (Lipinski definition) is 4. The Morgan fingerprint density at radius 2 is 1.92 bits per heavy atom. The molecule has 2 aromatic rings. The van der Waals surface area contributed by atoms with Crippen molar-refractivity contribution in [2.45, 2.75) is 17.7 Å². The minimum absolute atomic E-state index is 0.154. The molecule has 0 aromatic heterocycles. The van der Waals surface area contributed by atoms with Crippen LogP contribution in [0.15, 0.2) is 59.5 Å². The molecule has 1 N–H and O–H groups in total. The second-order valence-corrected chi connectivity index (χ2v) is 8.14. The number of sulfonamides is 1. The largest absolute Gasteiger partial charge is 0.326 e. The van der Waals surface area contributed by atoms with Gasteiger partial charge in [0, 0.05) is 18.8 Å². The number of nitrogens with one attached hydrogen (secondary N) is 1. The first-order chi connectivity index (χ1) is 12.5. The molecule has 1 saturated heterocycles. The lowest BCUT2D eigenvalue weighted by atomic mass is 9.98. The van der Waals surface area contributed by atoms with Crippen LogP contribution >= 0.6 is 0 Å². The number of hydrogen-bond donors (Lipinski definition) is 1. The summed E-state index contributed by atoms with van der Waals surface area (Å²) in [5.74, 6) is -0.652. The fourth-order valence-corrected chi connectivity index (χ4v) is 4.57. The van der Waals surface area contributed by atoms with E-state index < -0.39 is 15.9 Å². The maximum Gasteiger partial charge on any atom is 0.243 e. The van der Waals surface area contributed by atoms with Crippen LogP contribution in [0.1, 0.15) is 18.4 Å². The van der Waals surface area contributed by atoms with Gasteiger partial charge in [0.2, 0.25) is 15.9 Å². The summed E-state index contributed by atoms with van der Waals surface area (Å²) in [5, 5.41) is 11.7. The van der Waals surface area contributed by atoms with E-state index in [1.807, 2.05) is 6.07 Å². The molecule has 1 fully saturated rings. The van der Waals surface area contributed by atoms with E-state index >= 15 is 0 Å². The summed E-state index contributed by atoms with van der Waals surface area (Å²) in [7, 11) is -3.60. The summed E-state index contributed by atoms with van der Waals surface area (Å²) in [6.07, 6.45) is 1.26. The maximum atomic E-state index is 12.8. The number of amides is 1. The standard InChI is InChI=1S/C19H19N3O3S/c20-13-15-6-4-8-17(12-15)21-19(23)16-7-5-11-22(14-16)26(24,25)18-9-2-1-3-10-18/h1-4,6,8-10,12,16H,5,7,11,14H2,(H,21,23)/t16-/m0/s1. The van der Waals surface area contributed by atoms with Gasteiger partial charge in [0.25, 0.3) is 0 Å². The van der Waals surface area contributed by atoms with Gasteiger partial charge in [0.1, 0.15) is 0 Å². The van der Waals surface area contributed by atoms with Gasteiger partial charge in [-0.1, -0.05) is 24.3 Å².